The Kier molecular flexibility index (Phi) is 10.0. The maximum Gasteiger partial charge on any atom is 0.254 e. The van der Waals surface area contributed by atoms with E-state index in [1.165, 1.54) is 29.9 Å². The van der Waals surface area contributed by atoms with Crippen LogP contribution in [0, 0.1) is 0 Å². The fourth-order valence-electron chi connectivity index (χ4n) is 5.57. The summed E-state index contributed by atoms with van der Waals surface area (Å²) in [6.45, 7) is 6.74. The molecule has 2 saturated heterocycles. The number of rotatable bonds is 11. The van der Waals surface area contributed by atoms with E-state index in [2.05, 4.69) is 61.4 Å². The highest BCUT2D eigenvalue weighted by Gasteiger charge is 2.26. The molecule has 0 saturated carbocycles. The number of hydrogen-bond donors (Lipinski definition) is 1. The maximum atomic E-state index is 13.3. The monoisotopic (exact) mass is 643 g/mol. The summed E-state index contributed by atoms with van der Waals surface area (Å²) in [5.41, 5.74) is 2.95. The largest absolute Gasteiger partial charge is 0.493 e. The van der Waals surface area contributed by atoms with Crippen molar-refractivity contribution in [2.75, 3.05) is 65.9 Å². The quantitative estimate of drug-likeness (QED) is 0.314. The summed E-state index contributed by atoms with van der Waals surface area (Å²) in [5.74, 6) is 1.40. The highest BCUT2D eigenvalue weighted by atomic mass is 79.9. The Bertz CT molecular complexity index is 1290. The van der Waals surface area contributed by atoms with Crippen LogP contribution in [0.2, 0.25) is 0 Å². The van der Waals surface area contributed by atoms with Crippen molar-refractivity contribution in [1.29, 1.82) is 0 Å². The van der Waals surface area contributed by atoms with Gasteiger partial charge in [-0.3, -0.25) is 14.6 Å². The molecule has 41 heavy (non-hydrogen) atoms. The van der Waals surface area contributed by atoms with Gasteiger partial charge in [-0.2, -0.15) is 4.37 Å². The third-order valence-electron chi connectivity index (χ3n) is 7.83. The van der Waals surface area contributed by atoms with Gasteiger partial charge in [0.1, 0.15) is 5.00 Å². The van der Waals surface area contributed by atoms with E-state index >= 15 is 0 Å². The van der Waals surface area contributed by atoms with Crippen molar-refractivity contribution in [3.63, 3.8) is 0 Å². The van der Waals surface area contributed by atoms with Gasteiger partial charge in [0.15, 0.2) is 11.5 Å². The van der Waals surface area contributed by atoms with E-state index < -0.39 is 0 Å². The van der Waals surface area contributed by atoms with Crippen LogP contribution >= 0.6 is 27.5 Å². The Balaban J connectivity index is 1.09. The number of piperazine rings is 1. The number of benzene rings is 2. The zero-order chi connectivity index (χ0) is 28.8. The van der Waals surface area contributed by atoms with Crippen molar-refractivity contribution in [2.45, 2.75) is 32.0 Å². The van der Waals surface area contributed by atoms with Gasteiger partial charge in [0, 0.05) is 61.9 Å². The lowest BCUT2D eigenvalue weighted by Gasteiger charge is -2.34. The van der Waals surface area contributed by atoms with E-state index in [4.69, 9.17) is 18.6 Å². The summed E-state index contributed by atoms with van der Waals surface area (Å²) in [6, 6.07) is 14.8. The predicted octanol–water partition coefficient (Wildman–Crippen LogP) is 4.97. The van der Waals surface area contributed by atoms with E-state index in [1.54, 1.807) is 33.5 Å². The van der Waals surface area contributed by atoms with Crippen molar-refractivity contribution in [1.82, 2.24) is 19.1 Å². The molecule has 1 amide bonds. The normalized spacial score (nSPS) is 18.0. The number of amides is 1. The van der Waals surface area contributed by atoms with Gasteiger partial charge >= 0.3 is 0 Å². The number of methoxy groups -OCH3 is 3. The molecule has 2 aliphatic heterocycles. The van der Waals surface area contributed by atoms with Crippen molar-refractivity contribution < 1.29 is 19.0 Å². The molecule has 2 fully saturated rings. The van der Waals surface area contributed by atoms with Crippen LogP contribution in [0.1, 0.15) is 34.5 Å². The molecule has 1 atom stereocenters. The first-order valence-electron chi connectivity index (χ1n) is 14.0. The van der Waals surface area contributed by atoms with Crippen molar-refractivity contribution in [3.8, 4) is 17.2 Å². The minimum atomic E-state index is -0.0369. The Labute approximate surface area is 254 Å². The molecule has 0 spiro atoms. The second kappa shape index (κ2) is 13.9. The summed E-state index contributed by atoms with van der Waals surface area (Å²) in [4.78, 5) is 20.1. The average Bonchev–Trinajstić information content (AvgIpc) is 3.65. The van der Waals surface area contributed by atoms with E-state index in [-0.39, 0.29) is 5.91 Å². The smallest absolute Gasteiger partial charge is 0.254 e. The number of nitrogens with zero attached hydrogens (tertiary/aromatic N) is 4. The van der Waals surface area contributed by atoms with Gasteiger partial charge in [0.25, 0.3) is 5.91 Å². The highest BCUT2D eigenvalue weighted by Crippen LogP contribution is 2.38. The third-order valence-corrected chi connectivity index (χ3v) is 9.14. The molecular formula is C30H38BrN5O4S. The molecule has 3 aromatic rings. The molecule has 0 bridgehead atoms. The molecule has 11 heteroatoms. The lowest BCUT2D eigenvalue weighted by atomic mass is 10.1. The number of hydrogen-bond acceptors (Lipinski definition) is 9. The van der Waals surface area contributed by atoms with Crippen molar-refractivity contribution >= 4 is 38.4 Å². The fraction of sp³-hybridized carbons (Fsp3) is 0.467. The molecule has 220 valence electrons. The Morgan fingerprint density at radius 1 is 0.976 bits per heavy atom. The number of halogens is 1. The Morgan fingerprint density at radius 3 is 2.34 bits per heavy atom. The topological polar surface area (TPSA) is 79.4 Å². The number of ether oxygens (including phenoxy) is 3. The number of anilines is 1. The first-order valence-corrected chi connectivity index (χ1v) is 15.5. The van der Waals surface area contributed by atoms with Gasteiger partial charge in [0.2, 0.25) is 5.75 Å². The van der Waals surface area contributed by atoms with Crippen molar-refractivity contribution in [3.05, 3.63) is 63.8 Å². The summed E-state index contributed by atoms with van der Waals surface area (Å²) in [5, 5.41) is 4.76. The van der Waals surface area contributed by atoms with Gasteiger partial charge in [-0.1, -0.05) is 28.1 Å². The van der Waals surface area contributed by atoms with E-state index in [0.717, 1.165) is 54.4 Å². The predicted molar refractivity (Wildman–Crippen MR) is 165 cm³/mol. The number of likely N-dealkylation sites (tertiary alicyclic amines) is 1. The Morgan fingerprint density at radius 2 is 1.68 bits per heavy atom. The van der Waals surface area contributed by atoms with E-state index in [0.29, 0.717) is 41.9 Å². The van der Waals surface area contributed by atoms with Crippen LogP contribution in [0.3, 0.4) is 0 Å². The summed E-state index contributed by atoms with van der Waals surface area (Å²) in [7, 11) is 4.66. The van der Waals surface area contributed by atoms with Crippen LogP contribution in [-0.2, 0) is 13.1 Å². The standard InChI is InChI=1S/C30H38BrN5O4S/c1-38-26-15-22(16-27(39-2)29(26)40-3)30(37)35-13-11-34(12-14-35)20-24-17-28(41-33-24)32-18-25-5-4-10-36(25)19-21-6-8-23(31)9-7-21/h6-9,15-17,25,32H,4-5,10-14,18-20H2,1-3H3/t25-/m0/s1. The summed E-state index contributed by atoms with van der Waals surface area (Å²) < 4.78 is 22.1. The molecule has 0 radical (unpaired) electrons. The molecule has 1 N–H and O–H groups in total. The van der Waals surface area contributed by atoms with E-state index in [9.17, 15) is 4.79 Å². The second-order valence-corrected chi connectivity index (χ2v) is 12.2. The van der Waals surface area contributed by atoms with Gasteiger partial charge in [0.05, 0.1) is 27.0 Å². The second-order valence-electron chi connectivity index (χ2n) is 10.4. The minimum Gasteiger partial charge on any atom is -0.493 e. The van der Waals surface area contributed by atoms with Crippen LogP contribution < -0.4 is 19.5 Å². The van der Waals surface area contributed by atoms with Crippen LogP contribution in [0.4, 0.5) is 5.00 Å². The zero-order valence-corrected chi connectivity index (χ0v) is 26.3. The number of aromatic nitrogens is 1. The van der Waals surface area contributed by atoms with Crippen LogP contribution in [0.25, 0.3) is 0 Å². The van der Waals surface area contributed by atoms with Crippen LogP contribution in [0.5, 0.6) is 17.2 Å². The lowest BCUT2D eigenvalue weighted by molar-refractivity contribution is 0.0626. The molecule has 9 nitrogen and oxygen atoms in total. The van der Waals surface area contributed by atoms with Gasteiger partial charge in [-0.15, -0.1) is 0 Å². The van der Waals surface area contributed by atoms with Crippen LogP contribution in [0.15, 0.2) is 46.9 Å². The molecule has 1 aromatic heterocycles. The first-order chi connectivity index (χ1) is 20.0. The molecule has 0 unspecified atom stereocenters. The minimum absolute atomic E-state index is 0.0369. The van der Waals surface area contributed by atoms with Crippen molar-refractivity contribution in [2.24, 2.45) is 0 Å². The molecule has 2 aliphatic rings. The fourth-order valence-corrected chi connectivity index (χ4v) is 6.50. The summed E-state index contributed by atoms with van der Waals surface area (Å²) >= 11 is 5.06. The number of carbonyl (C=O) groups excluding carboxylic acids is 1. The average molecular weight is 645 g/mol. The zero-order valence-electron chi connectivity index (χ0n) is 23.9. The number of carbonyl (C=O) groups is 1. The molecular weight excluding hydrogens is 606 g/mol. The third kappa shape index (κ3) is 7.32. The molecule has 2 aromatic carbocycles. The van der Waals surface area contributed by atoms with Gasteiger partial charge < -0.3 is 24.4 Å². The van der Waals surface area contributed by atoms with E-state index in [1.807, 2.05) is 4.90 Å². The Hall–Kier alpha value is -2.86. The number of nitrogens with one attached hydrogen (secondary N) is 1. The summed E-state index contributed by atoms with van der Waals surface area (Å²) in [6.07, 6.45) is 2.46. The highest BCUT2D eigenvalue weighted by molar-refractivity contribution is 9.10. The molecule has 3 heterocycles. The maximum absolute atomic E-state index is 13.3. The van der Waals surface area contributed by atoms with Crippen LogP contribution in [-0.4, -0.2) is 91.6 Å². The molecule has 5 rings (SSSR count). The van der Waals surface area contributed by atoms with Gasteiger partial charge in [-0.05, 0) is 66.8 Å². The first kappa shape index (κ1) is 29.6. The lowest BCUT2D eigenvalue weighted by Crippen LogP contribution is -2.48. The SMILES string of the molecule is COc1cc(C(=O)N2CCN(Cc3cc(NC[C@@H]4CCCN4Cc4ccc(Br)cc4)sn3)CC2)cc(OC)c1OC. The molecule has 0 aliphatic carbocycles. The van der Waals surface area contributed by atoms with Gasteiger partial charge in [-0.25, -0.2) is 0 Å².